The van der Waals surface area contributed by atoms with Gasteiger partial charge in [-0.05, 0) is 53.5 Å². The number of carbonyl (C=O) groups is 1. The van der Waals surface area contributed by atoms with Gasteiger partial charge in [0.25, 0.3) is 0 Å². The lowest BCUT2D eigenvalue weighted by atomic mass is 9.81. The van der Waals surface area contributed by atoms with Gasteiger partial charge in [0.15, 0.2) is 0 Å². The number of rotatable bonds is 4. The normalized spacial score (nSPS) is 20.7. The number of hydrogen-bond acceptors (Lipinski definition) is 3. The zero-order valence-electron chi connectivity index (χ0n) is 13.1. The van der Waals surface area contributed by atoms with Gasteiger partial charge in [-0.2, -0.15) is 0 Å². The van der Waals surface area contributed by atoms with Crippen molar-refractivity contribution in [3.05, 3.63) is 0 Å². The Morgan fingerprint density at radius 2 is 1.79 bits per heavy atom. The van der Waals surface area contributed by atoms with Gasteiger partial charge in [0, 0.05) is 12.1 Å². The Balaban J connectivity index is 2.48. The number of nitrogens with one attached hydrogen (secondary N) is 2. The van der Waals surface area contributed by atoms with Crippen molar-refractivity contribution in [2.45, 2.75) is 77.5 Å². The van der Waals surface area contributed by atoms with E-state index in [9.17, 15) is 4.79 Å². The van der Waals surface area contributed by atoms with Gasteiger partial charge in [0.1, 0.15) is 5.60 Å². The molecule has 1 aliphatic rings. The minimum atomic E-state index is -0.441. The third kappa shape index (κ3) is 5.81. The molecule has 2 atom stereocenters. The maximum atomic E-state index is 11.8. The third-order valence-electron chi connectivity index (χ3n) is 3.77. The lowest BCUT2D eigenvalue weighted by molar-refractivity contribution is 0.0487. The number of likely N-dealkylation sites (N-methyl/N-ethyl adjacent to an activating group) is 1. The largest absolute Gasteiger partial charge is 0.444 e. The monoisotopic (exact) mass is 270 g/mol. The molecule has 0 aromatic carbocycles. The minimum Gasteiger partial charge on any atom is -0.444 e. The molecular weight excluding hydrogens is 240 g/mol. The van der Waals surface area contributed by atoms with Gasteiger partial charge >= 0.3 is 6.09 Å². The minimum absolute atomic E-state index is 0.0861. The fourth-order valence-corrected chi connectivity index (χ4v) is 2.97. The topological polar surface area (TPSA) is 50.4 Å². The summed E-state index contributed by atoms with van der Waals surface area (Å²) in [5.41, 5.74) is -0.441. The molecule has 0 spiro atoms. The quantitative estimate of drug-likeness (QED) is 0.825. The molecule has 0 radical (unpaired) electrons. The Morgan fingerprint density at radius 3 is 2.26 bits per heavy atom. The van der Waals surface area contributed by atoms with Crippen LogP contribution < -0.4 is 10.6 Å². The average molecular weight is 270 g/mol. The van der Waals surface area contributed by atoms with Crippen LogP contribution in [0.15, 0.2) is 0 Å². The van der Waals surface area contributed by atoms with Gasteiger partial charge in [-0.1, -0.05) is 19.3 Å². The molecule has 0 aromatic rings. The Morgan fingerprint density at radius 1 is 1.21 bits per heavy atom. The van der Waals surface area contributed by atoms with Crippen LogP contribution in [-0.4, -0.2) is 30.8 Å². The van der Waals surface area contributed by atoms with Gasteiger partial charge in [-0.25, -0.2) is 4.79 Å². The van der Waals surface area contributed by atoms with Gasteiger partial charge < -0.3 is 15.4 Å². The Kier molecular flexibility index (Phi) is 6.11. The zero-order valence-corrected chi connectivity index (χ0v) is 13.1. The molecule has 1 fully saturated rings. The van der Waals surface area contributed by atoms with Crippen LogP contribution in [0.1, 0.15) is 59.8 Å². The highest BCUT2D eigenvalue weighted by molar-refractivity contribution is 5.68. The molecule has 1 aliphatic carbocycles. The standard InChI is InChI=1S/C15H30N2O2/c1-11(17-14(18)19-15(2,3)4)13(16-5)12-9-7-6-8-10-12/h11-13,16H,6-10H2,1-5H3,(H,17,18). The van der Waals surface area contributed by atoms with Crippen LogP contribution in [0, 0.1) is 5.92 Å². The molecule has 1 saturated carbocycles. The molecular formula is C15H30N2O2. The number of alkyl carbamates (subject to hydrolysis) is 1. The average Bonchev–Trinajstić information content (AvgIpc) is 2.28. The van der Waals surface area contributed by atoms with Crippen molar-refractivity contribution in [1.29, 1.82) is 0 Å². The Labute approximate surface area is 117 Å². The summed E-state index contributed by atoms with van der Waals surface area (Å²) in [6, 6.07) is 0.413. The van der Waals surface area contributed by atoms with E-state index in [2.05, 4.69) is 17.6 Å². The van der Waals surface area contributed by atoms with Crippen molar-refractivity contribution in [3.63, 3.8) is 0 Å². The van der Waals surface area contributed by atoms with Crippen LogP contribution in [0.2, 0.25) is 0 Å². The van der Waals surface area contributed by atoms with Crippen LogP contribution in [0.5, 0.6) is 0 Å². The maximum Gasteiger partial charge on any atom is 0.407 e. The number of carbonyl (C=O) groups excluding carboxylic acids is 1. The van der Waals surface area contributed by atoms with E-state index in [0.29, 0.717) is 12.0 Å². The maximum absolute atomic E-state index is 11.8. The molecule has 1 amide bonds. The van der Waals surface area contributed by atoms with E-state index in [1.165, 1.54) is 32.1 Å². The van der Waals surface area contributed by atoms with Crippen LogP contribution in [0.25, 0.3) is 0 Å². The third-order valence-corrected chi connectivity index (χ3v) is 3.77. The number of hydrogen-bond donors (Lipinski definition) is 2. The van der Waals surface area contributed by atoms with E-state index >= 15 is 0 Å². The SMILES string of the molecule is CNC(C1CCCCC1)C(C)NC(=O)OC(C)(C)C. The molecule has 112 valence electrons. The first-order valence-corrected chi connectivity index (χ1v) is 7.50. The predicted molar refractivity (Wildman–Crippen MR) is 78.3 cm³/mol. The fraction of sp³-hybridized carbons (Fsp3) is 0.933. The van der Waals surface area contributed by atoms with Gasteiger partial charge in [-0.15, -0.1) is 0 Å². The molecule has 0 aromatic heterocycles. The van der Waals surface area contributed by atoms with Crippen molar-refractivity contribution in [2.24, 2.45) is 5.92 Å². The summed E-state index contributed by atoms with van der Waals surface area (Å²) in [5, 5.41) is 6.33. The van der Waals surface area contributed by atoms with E-state index in [1.807, 2.05) is 27.8 Å². The Hall–Kier alpha value is -0.770. The zero-order chi connectivity index (χ0) is 14.5. The van der Waals surface area contributed by atoms with Gasteiger partial charge in [0.2, 0.25) is 0 Å². The summed E-state index contributed by atoms with van der Waals surface area (Å²) in [6.07, 6.45) is 6.15. The highest BCUT2D eigenvalue weighted by atomic mass is 16.6. The van der Waals surface area contributed by atoms with Gasteiger partial charge in [0.05, 0.1) is 0 Å². The molecule has 0 bridgehead atoms. The predicted octanol–water partition coefficient (Wildman–Crippen LogP) is 3.07. The molecule has 4 nitrogen and oxygen atoms in total. The van der Waals surface area contributed by atoms with E-state index in [-0.39, 0.29) is 12.1 Å². The van der Waals surface area contributed by atoms with Crippen molar-refractivity contribution < 1.29 is 9.53 Å². The molecule has 2 unspecified atom stereocenters. The summed E-state index contributed by atoms with van der Waals surface area (Å²) in [6.45, 7) is 7.70. The van der Waals surface area contributed by atoms with Crippen molar-refractivity contribution in [2.75, 3.05) is 7.05 Å². The summed E-state index contributed by atoms with van der Waals surface area (Å²) >= 11 is 0. The van der Waals surface area contributed by atoms with Crippen LogP contribution >= 0.6 is 0 Å². The first kappa shape index (κ1) is 16.3. The first-order chi connectivity index (χ1) is 8.83. The summed E-state index contributed by atoms with van der Waals surface area (Å²) in [4.78, 5) is 11.8. The first-order valence-electron chi connectivity index (χ1n) is 7.50. The number of amides is 1. The van der Waals surface area contributed by atoms with Crippen molar-refractivity contribution in [3.8, 4) is 0 Å². The van der Waals surface area contributed by atoms with Crippen LogP contribution in [0.4, 0.5) is 4.79 Å². The van der Waals surface area contributed by atoms with E-state index in [1.54, 1.807) is 0 Å². The lowest BCUT2D eigenvalue weighted by Gasteiger charge is -2.34. The second kappa shape index (κ2) is 7.13. The second-order valence-electron chi connectivity index (χ2n) is 6.65. The fourth-order valence-electron chi connectivity index (χ4n) is 2.97. The van der Waals surface area contributed by atoms with E-state index in [4.69, 9.17) is 4.74 Å². The highest BCUT2D eigenvalue weighted by Gasteiger charge is 2.28. The molecule has 2 N–H and O–H groups in total. The van der Waals surface area contributed by atoms with Crippen molar-refractivity contribution >= 4 is 6.09 Å². The molecule has 1 rings (SSSR count). The van der Waals surface area contributed by atoms with Crippen LogP contribution in [0.3, 0.4) is 0 Å². The Bertz CT molecular complexity index is 280. The molecule has 0 heterocycles. The molecule has 0 saturated heterocycles. The van der Waals surface area contributed by atoms with Crippen molar-refractivity contribution in [1.82, 2.24) is 10.6 Å². The second-order valence-corrected chi connectivity index (χ2v) is 6.65. The highest BCUT2D eigenvalue weighted by Crippen LogP contribution is 2.27. The molecule has 0 aliphatic heterocycles. The van der Waals surface area contributed by atoms with E-state index < -0.39 is 5.60 Å². The van der Waals surface area contributed by atoms with E-state index in [0.717, 1.165) is 0 Å². The summed E-state index contributed by atoms with van der Waals surface area (Å²) in [7, 11) is 1.98. The van der Waals surface area contributed by atoms with Gasteiger partial charge in [-0.3, -0.25) is 0 Å². The summed E-state index contributed by atoms with van der Waals surface area (Å²) < 4.78 is 5.31. The smallest absolute Gasteiger partial charge is 0.407 e. The lowest BCUT2D eigenvalue weighted by Crippen LogP contribution is -2.52. The molecule has 19 heavy (non-hydrogen) atoms. The molecule has 4 heteroatoms. The van der Waals surface area contributed by atoms with Crippen LogP contribution in [-0.2, 0) is 4.74 Å². The number of ether oxygens (including phenoxy) is 1. The summed E-state index contributed by atoms with van der Waals surface area (Å²) in [5.74, 6) is 0.656.